The molecule has 144 valence electrons. The van der Waals surface area contributed by atoms with Crippen molar-refractivity contribution in [2.75, 3.05) is 10.6 Å². The molecule has 0 aliphatic heterocycles. The van der Waals surface area contributed by atoms with Crippen LogP contribution in [0.3, 0.4) is 0 Å². The van der Waals surface area contributed by atoms with Gasteiger partial charge in [0, 0.05) is 23.6 Å². The Morgan fingerprint density at radius 1 is 0.929 bits per heavy atom. The average Bonchev–Trinajstić information content (AvgIpc) is 3.11. The number of rotatable bonds is 4. The van der Waals surface area contributed by atoms with Crippen LogP contribution >= 0.6 is 57.7 Å². The molecule has 11 heteroatoms. The van der Waals surface area contributed by atoms with Crippen molar-refractivity contribution >= 4 is 80.4 Å². The molecule has 28 heavy (non-hydrogen) atoms. The van der Waals surface area contributed by atoms with Gasteiger partial charge in [-0.1, -0.05) is 58.5 Å². The Kier molecular flexibility index (Phi) is 6.42. The van der Waals surface area contributed by atoms with Crippen LogP contribution in [-0.2, 0) is 4.79 Å². The number of pyridine rings is 1. The number of nitrogens with zero attached hydrogens (tertiary/aromatic N) is 2. The van der Waals surface area contributed by atoms with Crippen molar-refractivity contribution < 1.29 is 9.59 Å². The first-order valence-corrected chi connectivity index (χ1v) is 10.00. The Balaban J connectivity index is 1.78. The first-order chi connectivity index (χ1) is 13.3. The molecule has 0 atom stereocenters. The monoisotopic (exact) mass is 474 g/mol. The molecule has 2 amide bonds. The lowest BCUT2D eigenvalue weighted by molar-refractivity contribution is -0.114. The summed E-state index contributed by atoms with van der Waals surface area (Å²) in [7, 11) is 0. The number of carbonyl (C=O) groups is 2. The van der Waals surface area contributed by atoms with Crippen LogP contribution in [0.15, 0.2) is 29.6 Å². The van der Waals surface area contributed by atoms with Crippen LogP contribution in [0.25, 0.3) is 11.3 Å². The molecular weight excluding hydrogens is 466 g/mol. The number of thiazole rings is 1. The van der Waals surface area contributed by atoms with Crippen LogP contribution < -0.4 is 10.6 Å². The second-order valence-electron chi connectivity index (χ2n) is 5.44. The molecule has 6 nitrogen and oxygen atoms in total. The number of halogens is 4. The maximum absolute atomic E-state index is 12.5. The van der Waals surface area contributed by atoms with Gasteiger partial charge in [0.15, 0.2) is 10.8 Å². The van der Waals surface area contributed by atoms with Gasteiger partial charge in [-0.3, -0.25) is 14.9 Å². The SMILES string of the molecule is CC(=O)Nc1ccc(-c2csc(NC(=O)c3nc(Cl)c(Cl)c(Cl)c3Cl)n2)cc1. The molecule has 0 bridgehead atoms. The number of hydrogen-bond acceptors (Lipinski definition) is 5. The van der Waals surface area contributed by atoms with Gasteiger partial charge in [0.1, 0.15) is 5.15 Å². The second-order valence-corrected chi connectivity index (χ2v) is 7.79. The minimum Gasteiger partial charge on any atom is -0.326 e. The third-order valence-corrected chi connectivity index (χ3v) is 5.86. The minimum absolute atomic E-state index is 0.0240. The van der Waals surface area contributed by atoms with Gasteiger partial charge in [0.2, 0.25) is 5.91 Å². The summed E-state index contributed by atoms with van der Waals surface area (Å²) in [6, 6.07) is 7.14. The maximum atomic E-state index is 12.5. The summed E-state index contributed by atoms with van der Waals surface area (Å²) in [5, 5.41) is 7.11. The van der Waals surface area contributed by atoms with Gasteiger partial charge in [0.25, 0.3) is 5.91 Å². The zero-order valence-electron chi connectivity index (χ0n) is 14.0. The molecule has 2 aromatic heterocycles. The Labute approximate surface area is 183 Å². The van der Waals surface area contributed by atoms with Gasteiger partial charge in [-0.15, -0.1) is 11.3 Å². The summed E-state index contributed by atoms with van der Waals surface area (Å²) in [5.41, 5.74) is 2.00. The van der Waals surface area contributed by atoms with Crippen molar-refractivity contribution in [3.8, 4) is 11.3 Å². The van der Waals surface area contributed by atoms with E-state index in [1.165, 1.54) is 18.3 Å². The Morgan fingerprint density at radius 3 is 2.25 bits per heavy atom. The summed E-state index contributed by atoms with van der Waals surface area (Å²) in [6.07, 6.45) is 0. The smallest absolute Gasteiger partial charge is 0.277 e. The van der Waals surface area contributed by atoms with Crippen molar-refractivity contribution in [3.63, 3.8) is 0 Å². The lowest BCUT2D eigenvalue weighted by Crippen LogP contribution is -2.14. The van der Waals surface area contributed by atoms with Crippen LogP contribution in [0.2, 0.25) is 20.2 Å². The summed E-state index contributed by atoms with van der Waals surface area (Å²) < 4.78 is 0. The molecule has 0 aliphatic rings. The molecular formula is C17H10Cl4N4O2S. The van der Waals surface area contributed by atoms with Gasteiger partial charge >= 0.3 is 0 Å². The van der Waals surface area contributed by atoms with Gasteiger partial charge in [-0.2, -0.15) is 0 Å². The Bertz CT molecular complexity index is 1070. The second kappa shape index (κ2) is 8.63. The zero-order valence-corrected chi connectivity index (χ0v) is 17.9. The van der Waals surface area contributed by atoms with Crippen LogP contribution in [0.4, 0.5) is 10.8 Å². The van der Waals surface area contributed by atoms with E-state index in [-0.39, 0.29) is 31.8 Å². The van der Waals surface area contributed by atoms with E-state index in [1.807, 2.05) is 12.1 Å². The zero-order chi connectivity index (χ0) is 20.4. The number of nitrogens with one attached hydrogen (secondary N) is 2. The first-order valence-electron chi connectivity index (χ1n) is 7.61. The van der Waals surface area contributed by atoms with Crippen LogP contribution in [0.1, 0.15) is 17.4 Å². The van der Waals surface area contributed by atoms with Gasteiger partial charge in [0.05, 0.1) is 20.8 Å². The van der Waals surface area contributed by atoms with Crippen molar-refractivity contribution in [1.29, 1.82) is 0 Å². The van der Waals surface area contributed by atoms with E-state index in [1.54, 1.807) is 17.5 Å². The maximum Gasteiger partial charge on any atom is 0.277 e. The lowest BCUT2D eigenvalue weighted by Gasteiger charge is -2.07. The lowest BCUT2D eigenvalue weighted by atomic mass is 10.1. The van der Waals surface area contributed by atoms with E-state index >= 15 is 0 Å². The average molecular weight is 476 g/mol. The van der Waals surface area contributed by atoms with E-state index in [9.17, 15) is 9.59 Å². The molecule has 2 N–H and O–H groups in total. The molecule has 0 radical (unpaired) electrons. The summed E-state index contributed by atoms with van der Waals surface area (Å²) in [6.45, 7) is 1.44. The van der Waals surface area contributed by atoms with Crippen LogP contribution in [-0.4, -0.2) is 21.8 Å². The summed E-state index contributed by atoms with van der Waals surface area (Å²) in [5.74, 6) is -0.770. The Morgan fingerprint density at radius 2 is 1.61 bits per heavy atom. The third-order valence-electron chi connectivity index (χ3n) is 3.43. The van der Waals surface area contributed by atoms with Crippen molar-refractivity contribution in [1.82, 2.24) is 9.97 Å². The predicted molar refractivity (Wildman–Crippen MR) is 114 cm³/mol. The highest BCUT2D eigenvalue weighted by Gasteiger charge is 2.21. The predicted octanol–water partition coefficient (Wildman–Crippen LogP) is 6.03. The molecule has 1 aromatic carbocycles. The van der Waals surface area contributed by atoms with Crippen LogP contribution in [0, 0.1) is 0 Å². The van der Waals surface area contributed by atoms with E-state index in [4.69, 9.17) is 46.4 Å². The largest absolute Gasteiger partial charge is 0.326 e. The molecule has 0 unspecified atom stereocenters. The highest BCUT2D eigenvalue weighted by molar-refractivity contribution is 7.14. The highest BCUT2D eigenvalue weighted by Crippen LogP contribution is 2.36. The van der Waals surface area contributed by atoms with Gasteiger partial charge in [-0.05, 0) is 12.1 Å². The molecule has 2 heterocycles. The van der Waals surface area contributed by atoms with E-state index in [0.29, 0.717) is 16.5 Å². The van der Waals surface area contributed by atoms with Gasteiger partial charge < -0.3 is 5.32 Å². The van der Waals surface area contributed by atoms with Gasteiger partial charge in [-0.25, -0.2) is 9.97 Å². The summed E-state index contributed by atoms with van der Waals surface area (Å²) >= 11 is 24.9. The number of anilines is 2. The number of aromatic nitrogens is 2. The quantitative estimate of drug-likeness (QED) is 0.451. The molecule has 3 aromatic rings. The van der Waals surface area contributed by atoms with E-state index < -0.39 is 5.91 Å². The molecule has 0 spiro atoms. The highest BCUT2D eigenvalue weighted by atomic mass is 35.5. The molecule has 0 saturated heterocycles. The molecule has 3 rings (SSSR count). The van der Waals surface area contributed by atoms with E-state index in [0.717, 1.165) is 5.56 Å². The van der Waals surface area contributed by atoms with Crippen molar-refractivity contribution in [3.05, 3.63) is 55.6 Å². The standard InChI is InChI=1S/C17H10Cl4N4O2S/c1-7(26)22-9-4-2-8(3-5-9)10-6-28-17(23-10)25-16(27)14-12(19)11(18)13(20)15(21)24-14/h2-6H,1H3,(H,22,26)(H,23,25,27). The minimum atomic E-state index is -0.618. The van der Waals surface area contributed by atoms with Crippen molar-refractivity contribution in [2.24, 2.45) is 0 Å². The first kappa shape index (κ1) is 20.8. The fourth-order valence-electron chi connectivity index (χ4n) is 2.19. The van der Waals surface area contributed by atoms with E-state index in [2.05, 4.69) is 20.6 Å². The fraction of sp³-hybridized carbons (Fsp3) is 0.0588. The molecule has 0 aliphatic carbocycles. The normalized spacial score (nSPS) is 10.6. The number of hydrogen-bond donors (Lipinski definition) is 2. The molecule has 0 fully saturated rings. The fourth-order valence-corrected chi connectivity index (χ4v) is 3.71. The Hall–Kier alpha value is -1.90. The topological polar surface area (TPSA) is 84.0 Å². The number of amides is 2. The summed E-state index contributed by atoms with van der Waals surface area (Å²) in [4.78, 5) is 31.8. The van der Waals surface area contributed by atoms with Crippen LogP contribution in [0.5, 0.6) is 0 Å². The number of carbonyl (C=O) groups excluding carboxylic acids is 2. The number of benzene rings is 1. The molecule has 0 saturated carbocycles. The van der Waals surface area contributed by atoms with Crippen molar-refractivity contribution in [2.45, 2.75) is 6.92 Å². The third kappa shape index (κ3) is 4.56.